The van der Waals surface area contributed by atoms with Crippen LogP contribution in [0.3, 0.4) is 0 Å². The second-order valence-electron chi connectivity index (χ2n) is 5.71. The summed E-state index contributed by atoms with van der Waals surface area (Å²) in [7, 11) is -2.21. The van der Waals surface area contributed by atoms with E-state index in [4.69, 9.17) is 10.5 Å². The third kappa shape index (κ3) is 3.78. The molecular formula is C15H22N2O4S. The predicted octanol–water partition coefficient (Wildman–Crippen LogP) is 1.59. The zero-order chi connectivity index (χ0) is 16.3. The summed E-state index contributed by atoms with van der Waals surface area (Å²) in [6.07, 6.45) is 2.52. The van der Waals surface area contributed by atoms with E-state index in [1.54, 1.807) is 12.1 Å². The Bertz CT molecular complexity index is 650. The molecule has 0 spiro atoms. The SMILES string of the molecule is COC(=O)C1CCC(NS(=O)(=O)c2ccc(C)c(N)c2)CC1. The molecule has 0 amide bonds. The van der Waals surface area contributed by atoms with Gasteiger partial charge in [-0.25, -0.2) is 13.1 Å². The minimum absolute atomic E-state index is 0.124. The zero-order valence-corrected chi connectivity index (χ0v) is 13.7. The van der Waals surface area contributed by atoms with Crippen molar-refractivity contribution in [3.05, 3.63) is 23.8 Å². The minimum atomic E-state index is -3.59. The molecule has 0 heterocycles. The Balaban J connectivity index is 2.01. The fourth-order valence-electron chi connectivity index (χ4n) is 2.69. The van der Waals surface area contributed by atoms with Gasteiger partial charge in [0.2, 0.25) is 10.0 Å². The molecule has 1 aliphatic rings. The largest absolute Gasteiger partial charge is 0.469 e. The average Bonchev–Trinajstić information content (AvgIpc) is 2.49. The lowest BCUT2D eigenvalue weighted by Gasteiger charge is -2.27. The van der Waals surface area contributed by atoms with E-state index in [1.807, 2.05) is 6.92 Å². The third-order valence-electron chi connectivity index (χ3n) is 4.14. The molecule has 0 aliphatic heterocycles. The first-order valence-electron chi connectivity index (χ1n) is 7.30. The van der Waals surface area contributed by atoms with Crippen LogP contribution in [0.5, 0.6) is 0 Å². The maximum Gasteiger partial charge on any atom is 0.308 e. The number of esters is 1. The van der Waals surface area contributed by atoms with E-state index < -0.39 is 10.0 Å². The van der Waals surface area contributed by atoms with Crippen molar-refractivity contribution in [2.75, 3.05) is 12.8 Å². The number of anilines is 1. The summed E-state index contributed by atoms with van der Waals surface area (Å²) < 4.78 is 32.2. The highest BCUT2D eigenvalue weighted by Crippen LogP contribution is 2.26. The molecule has 0 aromatic heterocycles. The standard InChI is InChI=1S/C15H22N2O4S/c1-10-3-8-13(9-14(10)16)22(19,20)17-12-6-4-11(5-7-12)15(18)21-2/h3,8-9,11-12,17H,4-7,16H2,1-2H3. The molecule has 0 bridgehead atoms. The van der Waals surface area contributed by atoms with E-state index in [1.165, 1.54) is 13.2 Å². The van der Waals surface area contributed by atoms with Crippen LogP contribution in [0.4, 0.5) is 5.69 Å². The van der Waals surface area contributed by atoms with E-state index in [-0.39, 0.29) is 22.8 Å². The highest BCUT2D eigenvalue weighted by atomic mass is 32.2. The van der Waals surface area contributed by atoms with Crippen molar-refractivity contribution in [1.29, 1.82) is 0 Å². The molecule has 1 aromatic carbocycles. The van der Waals surface area contributed by atoms with Crippen molar-refractivity contribution < 1.29 is 17.9 Å². The maximum atomic E-state index is 12.4. The van der Waals surface area contributed by atoms with Gasteiger partial charge in [0.05, 0.1) is 17.9 Å². The van der Waals surface area contributed by atoms with Crippen molar-refractivity contribution >= 4 is 21.7 Å². The van der Waals surface area contributed by atoms with Gasteiger partial charge in [-0.15, -0.1) is 0 Å². The number of hydrogen-bond donors (Lipinski definition) is 2. The molecule has 1 aromatic rings. The Morgan fingerprint density at radius 1 is 1.27 bits per heavy atom. The van der Waals surface area contributed by atoms with E-state index in [9.17, 15) is 13.2 Å². The molecule has 1 saturated carbocycles. The van der Waals surface area contributed by atoms with Gasteiger partial charge < -0.3 is 10.5 Å². The van der Waals surface area contributed by atoms with Crippen molar-refractivity contribution in [3.63, 3.8) is 0 Å². The zero-order valence-electron chi connectivity index (χ0n) is 12.8. The Morgan fingerprint density at radius 3 is 2.45 bits per heavy atom. The molecule has 0 unspecified atom stereocenters. The molecule has 22 heavy (non-hydrogen) atoms. The first kappa shape index (κ1) is 16.8. The Kier molecular flexibility index (Phi) is 5.08. The number of hydrogen-bond acceptors (Lipinski definition) is 5. The Morgan fingerprint density at radius 2 is 1.91 bits per heavy atom. The molecular weight excluding hydrogens is 304 g/mol. The van der Waals surface area contributed by atoms with Gasteiger partial charge in [0.25, 0.3) is 0 Å². The van der Waals surface area contributed by atoms with Crippen LogP contribution in [0, 0.1) is 12.8 Å². The van der Waals surface area contributed by atoms with Crippen molar-refractivity contribution in [2.24, 2.45) is 5.92 Å². The van der Waals surface area contributed by atoms with Crippen LogP contribution in [0.2, 0.25) is 0 Å². The highest BCUT2D eigenvalue weighted by Gasteiger charge is 2.29. The number of methoxy groups -OCH3 is 1. The predicted molar refractivity (Wildman–Crippen MR) is 83.7 cm³/mol. The number of nitrogen functional groups attached to an aromatic ring is 1. The molecule has 0 atom stereocenters. The van der Waals surface area contributed by atoms with Crippen LogP contribution in [0.15, 0.2) is 23.1 Å². The molecule has 3 N–H and O–H groups in total. The van der Waals surface area contributed by atoms with E-state index in [2.05, 4.69) is 4.72 Å². The quantitative estimate of drug-likeness (QED) is 0.646. The van der Waals surface area contributed by atoms with Gasteiger partial charge in [0.1, 0.15) is 0 Å². The molecule has 1 aliphatic carbocycles. The van der Waals surface area contributed by atoms with Crippen LogP contribution in [-0.2, 0) is 19.6 Å². The molecule has 6 nitrogen and oxygen atoms in total. The van der Waals surface area contributed by atoms with Crippen LogP contribution in [0.25, 0.3) is 0 Å². The van der Waals surface area contributed by atoms with Gasteiger partial charge in [-0.05, 0) is 50.3 Å². The summed E-state index contributed by atoms with van der Waals surface area (Å²) in [4.78, 5) is 11.6. The number of rotatable bonds is 4. The fraction of sp³-hybridized carbons (Fsp3) is 0.533. The molecule has 2 rings (SSSR count). The highest BCUT2D eigenvalue weighted by molar-refractivity contribution is 7.89. The minimum Gasteiger partial charge on any atom is -0.469 e. The topological polar surface area (TPSA) is 98.5 Å². The lowest BCUT2D eigenvalue weighted by atomic mass is 9.86. The first-order valence-corrected chi connectivity index (χ1v) is 8.78. The summed E-state index contributed by atoms with van der Waals surface area (Å²) in [5.41, 5.74) is 7.07. The smallest absolute Gasteiger partial charge is 0.308 e. The Hall–Kier alpha value is -1.60. The van der Waals surface area contributed by atoms with Gasteiger partial charge in [-0.3, -0.25) is 4.79 Å². The lowest BCUT2D eigenvalue weighted by Crippen LogP contribution is -2.38. The first-order chi connectivity index (χ1) is 10.3. The maximum absolute atomic E-state index is 12.4. The number of benzene rings is 1. The van der Waals surface area contributed by atoms with E-state index in [0.29, 0.717) is 31.4 Å². The van der Waals surface area contributed by atoms with Crippen LogP contribution in [0.1, 0.15) is 31.2 Å². The number of aryl methyl sites for hydroxylation is 1. The Labute approximate surface area is 131 Å². The average molecular weight is 326 g/mol. The second kappa shape index (κ2) is 6.66. The summed E-state index contributed by atoms with van der Waals surface area (Å²) >= 11 is 0. The summed E-state index contributed by atoms with van der Waals surface area (Å²) in [6, 6.07) is 4.55. The molecule has 122 valence electrons. The number of carbonyl (C=O) groups is 1. The van der Waals surface area contributed by atoms with E-state index >= 15 is 0 Å². The fourth-order valence-corrected chi connectivity index (χ4v) is 4.03. The van der Waals surface area contributed by atoms with Crippen molar-refractivity contribution in [3.8, 4) is 0 Å². The molecule has 7 heteroatoms. The lowest BCUT2D eigenvalue weighted by molar-refractivity contribution is -0.146. The van der Waals surface area contributed by atoms with Crippen molar-refractivity contribution in [1.82, 2.24) is 4.72 Å². The van der Waals surface area contributed by atoms with Crippen LogP contribution >= 0.6 is 0 Å². The number of nitrogens with one attached hydrogen (secondary N) is 1. The number of ether oxygens (including phenoxy) is 1. The van der Waals surface area contributed by atoms with Gasteiger partial charge in [0.15, 0.2) is 0 Å². The van der Waals surface area contributed by atoms with E-state index in [0.717, 1.165) is 5.56 Å². The summed E-state index contributed by atoms with van der Waals surface area (Å²) in [5.74, 6) is -0.339. The van der Waals surface area contributed by atoms with Crippen molar-refractivity contribution in [2.45, 2.75) is 43.5 Å². The third-order valence-corrected chi connectivity index (χ3v) is 5.66. The van der Waals surface area contributed by atoms with Gasteiger partial charge in [-0.2, -0.15) is 0 Å². The number of nitrogens with two attached hydrogens (primary N) is 1. The number of sulfonamides is 1. The van der Waals surface area contributed by atoms with Gasteiger partial charge >= 0.3 is 5.97 Å². The normalized spacial score (nSPS) is 22.3. The second-order valence-corrected chi connectivity index (χ2v) is 7.43. The van der Waals surface area contributed by atoms with Gasteiger partial charge in [-0.1, -0.05) is 6.07 Å². The van der Waals surface area contributed by atoms with Gasteiger partial charge in [0, 0.05) is 11.7 Å². The monoisotopic (exact) mass is 326 g/mol. The molecule has 0 saturated heterocycles. The van der Waals surface area contributed by atoms with Crippen LogP contribution < -0.4 is 10.5 Å². The molecule has 0 radical (unpaired) electrons. The summed E-state index contributed by atoms with van der Waals surface area (Å²) in [6.45, 7) is 1.83. The summed E-state index contributed by atoms with van der Waals surface area (Å²) in [5, 5.41) is 0. The molecule has 1 fully saturated rings. The number of carbonyl (C=O) groups excluding carboxylic acids is 1. The van der Waals surface area contributed by atoms with Crippen LogP contribution in [-0.4, -0.2) is 27.5 Å².